The van der Waals surface area contributed by atoms with Crippen LogP contribution in [0, 0.1) is 5.41 Å². The predicted octanol–water partition coefficient (Wildman–Crippen LogP) is 1.93. The Balaban J connectivity index is 1.59. The molecule has 1 aliphatic carbocycles. The van der Waals surface area contributed by atoms with Gasteiger partial charge in [0.15, 0.2) is 0 Å². The van der Waals surface area contributed by atoms with Crippen molar-refractivity contribution in [2.45, 2.75) is 64.6 Å². The zero-order valence-electron chi connectivity index (χ0n) is 13.0. The molecule has 3 heteroatoms. The monoisotopic (exact) mass is 265 g/mol. The molecule has 2 saturated heterocycles. The smallest absolute Gasteiger partial charge is 0.0243 e. The van der Waals surface area contributed by atoms with Crippen molar-refractivity contribution in [2.75, 3.05) is 32.7 Å². The van der Waals surface area contributed by atoms with E-state index in [2.05, 4.69) is 35.9 Å². The average molecular weight is 265 g/mol. The van der Waals surface area contributed by atoms with Crippen LogP contribution in [-0.4, -0.2) is 60.6 Å². The molecule has 0 radical (unpaired) electrons. The zero-order chi connectivity index (χ0) is 13.5. The summed E-state index contributed by atoms with van der Waals surface area (Å²) < 4.78 is 0. The summed E-state index contributed by atoms with van der Waals surface area (Å²) in [7, 11) is 0. The van der Waals surface area contributed by atoms with Crippen molar-refractivity contribution in [3.63, 3.8) is 0 Å². The molecule has 19 heavy (non-hydrogen) atoms. The Hall–Kier alpha value is -0.120. The van der Waals surface area contributed by atoms with Crippen molar-refractivity contribution >= 4 is 0 Å². The molecule has 3 rings (SSSR count). The lowest BCUT2D eigenvalue weighted by Crippen LogP contribution is -2.49. The second kappa shape index (κ2) is 5.34. The fourth-order valence-electron chi connectivity index (χ4n) is 3.70. The van der Waals surface area contributed by atoms with E-state index in [-0.39, 0.29) is 0 Å². The number of hydrogen-bond donors (Lipinski definition) is 1. The Bertz CT molecular complexity index is 306. The van der Waals surface area contributed by atoms with Crippen LogP contribution in [0.5, 0.6) is 0 Å². The highest BCUT2D eigenvalue weighted by molar-refractivity contribution is 4.95. The molecule has 2 heterocycles. The average Bonchev–Trinajstić information content (AvgIpc) is 3.12. The molecule has 0 aromatic rings. The summed E-state index contributed by atoms with van der Waals surface area (Å²) in [5.74, 6) is 0. The summed E-state index contributed by atoms with van der Waals surface area (Å²) in [6.45, 7) is 13.5. The first kappa shape index (κ1) is 13.8. The van der Waals surface area contributed by atoms with Gasteiger partial charge in [0, 0.05) is 37.8 Å². The van der Waals surface area contributed by atoms with E-state index in [9.17, 15) is 0 Å². The standard InChI is InChI=1S/C16H31N3/c1-16(2,3)15-12-18(9-4-8-17-15)14-7-10-19(11-14)13-5-6-13/h13-15,17H,4-12H2,1-3H3. The summed E-state index contributed by atoms with van der Waals surface area (Å²) in [4.78, 5) is 5.54. The third kappa shape index (κ3) is 3.32. The second-order valence-electron chi connectivity index (χ2n) is 7.89. The van der Waals surface area contributed by atoms with Crippen LogP contribution in [0.15, 0.2) is 0 Å². The molecule has 0 bridgehead atoms. The third-order valence-corrected chi connectivity index (χ3v) is 5.25. The minimum atomic E-state index is 0.372. The molecule has 3 aliphatic rings. The van der Waals surface area contributed by atoms with Gasteiger partial charge in [-0.05, 0) is 44.2 Å². The van der Waals surface area contributed by atoms with Crippen molar-refractivity contribution in [1.82, 2.24) is 15.1 Å². The van der Waals surface area contributed by atoms with Crippen LogP contribution in [-0.2, 0) is 0 Å². The van der Waals surface area contributed by atoms with Crippen molar-refractivity contribution in [3.05, 3.63) is 0 Å². The van der Waals surface area contributed by atoms with Crippen molar-refractivity contribution < 1.29 is 0 Å². The molecule has 3 nitrogen and oxygen atoms in total. The molecule has 0 spiro atoms. The SMILES string of the molecule is CC(C)(C)C1CN(C2CCN(C3CC3)C2)CCCN1. The molecule has 3 fully saturated rings. The maximum Gasteiger partial charge on any atom is 0.0243 e. The van der Waals surface area contributed by atoms with E-state index in [1.165, 1.54) is 58.4 Å². The van der Waals surface area contributed by atoms with E-state index in [1.807, 2.05) is 0 Å². The van der Waals surface area contributed by atoms with Crippen molar-refractivity contribution in [1.29, 1.82) is 0 Å². The van der Waals surface area contributed by atoms with Crippen LogP contribution in [0.3, 0.4) is 0 Å². The lowest BCUT2D eigenvalue weighted by atomic mass is 9.86. The maximum absolute atomic E-state index is 3.77. The van der Waals surface area contributed by atoms with Gasteiger partial charge in [-0.3, -0.25) is 9.80 Å². The van der Waals surface area contributed by atoms with Crippen molar-refractivity contribution in [2.24, 2.45) is 5.41 Å². The molecular weight excluding hydrogens is 234 g/mol. The third-order valence-electron chi connectivity index (χ3n) is 5.25. The van der Waals surface area contributed by atoms with Gasteiger partial charge in [0.25, 0.3) is 0 Å². The summed E-state index contributed by atoms with van der Waals surface area (Å²) in [5.41, 5.74) is 0.372. The molecule has 1 saturated carbocycles. The molecule has 2 aliphatic heterocycles. The minimum absolute atomic E-state index is 0.372. The first-order valence-electron chi connectivity index (χ1n) is 8.25. The van der Waals surface area contributed by atoms with Crippen molar-refractivity contribution in [3.8, 4) is 0 Å². The van der Waals surface area contributed by atoms with Crippen LogP contribution < -0.4 is 5.32 Å². The zero-order valence-corrected chi connectivity index (χ0v) is 13.0. The number of likely N-dealkylation sites (tertiary alicyclic amines) is 1. The number of hydrogen-bond acceptors (Lipinski definition) is 3. The van der Waals surface area contributed by atoms with Gasteiger partial charge in [-0.1, -0.05) is 20.8 Å². The minimum Gasteiger partial charge on any atom is -0.312 e. The fraction of sp³-hybridized carbons (Fsp3) is 1.00. The van der Waals surface area contributed by atoms with E-state index >= 15 is 0 Å². The largest absolute Gasteiger partial charge is 0.312 e. The lowest BCUT2D eigenvalue weighted by molar-refractivity contribution is 0.152. The highest BCUT2D eigenvalue weighted by Gasteiger charge is 2.38. The topological polar surface area (TPSA) is 18.5 Å². The summed E-state index contributed by atoms with van der Waals surface area (Å²) >= 11 is 0. The Morgan fingerprint density at radius 3 is 2.32 bits per heavy atom. The summed E-state index contributed by atoms with van der Waals surface area (Å²) in [5, 5.41) is 3.77. The molecule has 1 N–H and O–H groups in total. The molecule has 110 valence electrons. The lowest BCUT2D eigenvalue weighted by Gasteiger charge is -2.36. The van der Waals surface area contributed by atoms with Crippen LogP contribution in [0.25, 0.3) is 0 Å². The van der Waals surface area contributed by atoms with E-state index in [0.717, 1.165) is 12.1 Å². The molecule has 0 aromatic heterocycles. The highest BCUT2D eigenvalue weighted by Crippen LogP contribution is 2.32. The van der Waals surface area contributed by atoms with E-state index in [0.29, 0.717) is 11.5 Å². The van der Waals surface area contributed by atoms with Crippen LogP contribution in [0.2, 0.25) is 0 Å². The second-order valence-corrected chi connectivity index (χ2v) is 7.89. The Morgan fingerprint density at radius 2 is 1.63 bits per heavy atom. The van der Waals surface area contributed by atoms with Gasteiger partial charge in [-0.2, -0.15) is 0 Å². The van der Waals surface area contributed by atoms with Crippen LogP contribution >= 0.6 is 0 Å². The number of nitrogens with one attached hydrogen (secondary N) is 1. The number of rotatable bonds is 2. The van der Waals surface area contributed by atoms with Crippen LogP contribution in [0.4, 0.5) is 0 Å². The maximum atomic E-state index is 3.77. The van der Waals surface area contributed by atoms with E-state index in [4.69, 9.17) is 0 Å². The van der Waals surface area contributed by atoms with Gasteiger partial charge in [-0.25, -0.2) is 0 Å². The summed E-state index contributed by atoms with van der Waals surface area (Å²) in [6, 6.07) is 2.42. The quantitative estimate of drug-likeness (QED) is 0.823. The molecular formula is C16H31N3. The molecule has 2 unspecified atom stereocenters. The predicted molar refractivity (Wildman–Crippen MR) is 80.4 cm³/mol. The molecule has 0 aromatic carbocycles. The Morgan fingerprint density at radius 1 is 0.895 bits per heavy atom. The van der Waals surface area contributed by atoms with Gasteiger partial charge in [0.2, 0.25) is 0 Å². The normalized spacial score (nSPS) is 35.5. The molecule has 0 amide bonds. The van der Waals surface area contributed by atoms with Gasteiger partial charge in [-0.15, -0.1) is 0 Å². The Kier molecular flexibility index (Phi) is 3.89. The van der Waals surface area contributed by atoms with Crippen LogP contribution in [0.1, 0.15) is 46.5 Å². The van der Waals surface area contributed by atoms with E-state index < -0.39 is 0 Å². The first-order valence-corrected chi connectivity index (χ1v) is 8.25. The fourth-order valence-corrected chi connectivity index (χ4v) is 3.70. The summed E-state index contributed by atoms with van der Waals surface area (Å²) in [6.07, 6.45) is 5.62. The van der Waals surface area contributed by atoms with Gasteiger partial charge in [0.05, 0.1) is 0 Å². The van der Waals surface area contributed by atoms with Gasteiger partial charge in [0.1, 0.15) is 0 Å². The van der Waals surface area contributed by atoms with Gasteiger partial charge >= 0.3 is 0 Å². The Labute approximate surface area is 118 Å². The highest BCUT2D eigenvalue weighted by atomic mass is 15.3. The molecule has 2 atom stereocenters. The van der Waals surface area contributed by atoms with Gasteiger partial charge < -0.3 is 5.32 Å². The first-order chi connectivity index (χ1) is 9.04. The van der Waals surface area contributed by atoms with E-state index in [1.54, 1.807) is 0 Å². The number of nitrogens with zero attached hydrogens (tertiary/aromatic N) is 2.